The molecule has 0 atom stereocenters. The summed E-state index contributed by atoms with van der Waals surface area (Å²) >= 11 is 5.85. The summed E-state index contributed by atoms with van der Waals surface area (Å²) in [5.74, 6) is -0.204. The van der Waals surface area contributed by atoms with Gasteiger partial charge in [-0.3, -0.25) is 4.55 Å². The Morgan fingerprint density at radius 3 is 2.38 bits per heavy atom. The van der Waals surface area contributed by atoms with Crippen LogP contribution >= 0.6 is 11.6 Å². The number of rotatable bonds is 4. The van der Waals surface area contributed by atoms with Crippen molar-refractivity contribution < 1.29 is 18.1 Å². The van der Waals surface area contributed by atoms with Crippen molar-refractivity contribution in [3.63, 3.8) is 0 Å². The summed E-state index contributed by atoms with van der Waals surface area (Å²) in [7, 11) is -4.38. The summed E-state index contributed by atoms with van der Waals surface area (Å²) in [5.41, 5.74) is 1.79. The van der Waals surface area contributed by atoms with E-state index < -0.39 is 10.1 Å². The summed E-state index contributed by atoms with van der Waals surface area (Å²) in [6, 6.07) is 14.9. The minimum atomic E-state index is -4.38. The van der Waals surface area contributed by atoms with Gasteiger partial charge in [0.1, 0.15) is 5.75 Å². The summed E-state index contributed by atoms with van der Waals surface area (Å²) in [6.45, 7) is 0.562. The zero-order valence-electron chi connectivity index (χ0n) is 12.4. The van der Waals surface area contributed by atoms with E-state index in [2.05, 4.69) is 5.32 Å². The van der Waals surface area contributed by atoms with Crippen molar-refractivity contribution in [2.45, 2.75) is 11.4 Å². The quantitative estimate of drug-likeness (QED) is 0.608. The molecule has 24 heavy (non-hydrogen) atoms. The first-order valence-corrected chi connectivity index (χ1v) is 8.87. The number of nitrogens with one attached hydrogen (secondary N) is 1. The number of anilines is 1. The topological polar surface area (TPSA) is 86.6 Å². The van der Waals surface area contributed by atoms with Gasteiger partial charge in [0, 0.05) is 28.7 Å². The predicted molar refractivity (Wildman–Crippen MR) is 94.2 cm³/mol. The van der Waals surface area contributed by atoms with E-state index in [1.807, 2.05) is 12.1 Å². The molecule has 0 saturated heterocycles. The van der Waals surface area contributed by atoms with Crippen molar-refractivity contribution in [2.24, 2.45) is 0 Å². The van der Waals surface area contributed by atoms with E-state index in [1.54, 1.807) is 30.3 Å². The van der Waals surface area contributed by atoms with Crippen LogP contribution in [0.15, 0.2) is 59.5 Å². The van der Waals surface area contributed by atoms with Crippen molar-refractivity contribution >= 4 is 38.2 Å². The molecule has 7 heteroatoms. The van der Waals surface area contributed by atoms with Crippen LogP contribution in [-0.4, -0.2) is 18.1 Å². The van der Waals surface area contributed by atoms with Crippen LogP contribution in [0.5, 0.6) is 5.75 Å². The fourth-order valence-corrected chi connectivity index (χ4v) is 3.05. The van der Waals surface area contributed by atoms with Crippen LogP contribution in [-0.2, 0) is 16.7 Å². The minimum absolute atomic E-state index is 0.204. The standard InChI is InChI=1S/C17H14ClNO4S/c18-13-3-1-11(2-4-13)10-19-14-5-6-16-12(7-14)8-15(9-17(16)20)24(21,22)23/h1-9,19-20H,10H2,(H,21,22,23). The smallest absolute Gasteiger partial charge is 0.294 e. The number of phenols is 1. The fourth-order valence-electron chi connectivity index (χ4n) is 2.39. The number of hydrogen-bond acceptors (Lipinski definition) is 4. The van der Waals surface area contributed by atoms with Gasteiger partial charge in [0.05, 0.1) is 4.90 Å². The van der Waals surface area contributed by atoms with E-state index in [1.165, 1.54) is 6.07 Å². The van der Waals surface area contributed by atoms with E-state index in [4.69, 9.17) is 16.2 Å². The Bertz CT molecular complexity index is 1000. The molecule has 0 radical (unpaired) electrons. The van der Waals surface area contributed by atoms with E-state index in [0.29, 0.717) is 22.3 Å². The maximum absolute atomic E-state index is 11.3. The number of fused-ring (bicyclic) bond motifs is 1. The maximum atomic E-state index is 11.3. The second-order valence-electron chi connectivity index (χ2n) is 5.33. The Labute approximate surface area is 144 Å². The number of halogens is 1. The predicted octanol–water partition coefficient (Wildman–Crippen LogP) is 4.06. The lowest BCUT2D eigenvalue weighted by Crippen LogP contribution is -2.00. The first kappa shape index (κ1) is 16.6. The van der Waals surface area contributed by atoms with Gasteiger partial charge in [-0.15, -0.1) is 0 Å². The Hall–Kier alpha value is -2.28. The highest BCUT2D eigenvalue weighted by molar-refractivity contribution is 7.85. The van der Waals surface area contributed by atoms with Crippen molar-refractivity contribution in [1.29, 1.82) is 0 Å². The lowest BCUT2D eigenvalue weighted by molar-refractivity contribution is 0.471. The van der Waals surface area contributed by atoms with Crippen LogP contribution in [0.25, 0.3) is 10.8 Å². The Kier molecular flexibility index (Phi) is 4.36. The van der Waals surface area contributed by atoms with Gasteiger partial charge in [-0.2, -0.15) is 8.42 Å². The molecule has 0 spiro atoms. The minimum Gasteiger partial charge on any atom is -0.507 e. The van der Waals surface area contributed by atoms with Crippen molar-refractivity contribution in [3.05, 3.63) is 65.2 Å². The Morgan fingerprint density at radius 1 is 1.00 bits per heavy atom. The van der Waals surface area contributed by atoms with Gasteiger partial charge in [0.15, 0.2) is 0 Å². The number of hydrogen-bond donors (Lipinski definition) is 3. The molecule has 124 valence electrons. The molecule has 3 aromatic carbocycles. The average Bonchev–Trinajstić information content (AvgIpc) is 2.53. The van der Waals surface area contributed by atoms with Gasteiger partial charge in [0.25, 0.3) is 10.1 Å². The molecule has 0 bridgehead atoms. The van der Waals surface area contributed by atoms with Crippen molar-refractivity contribution in [3.8, 4) is 5.75 Å². The molecular weight excluding hydrogens is 350 g/mol. The maximum Gasteiger partial charge on any atom is 0.294 e. The molecule has 0 amide bonds. The molecule has 0 aliphatic carbocycles. The highest BCUT2D eigenvalue weighted by Gasteiger charge is 2.13. The molecule has 0 unspecified atom stereocenters. The molecule has 0 aromatic heterocycles. The zero-order chi connectivity index (χ0) is 17.3. The normalized spacial score (nSPS) is 11.6. The molecule has 0 heterocycles. The zero-order valence-corrected chi connectivity index (χ0v) is 14.0. The first-order valence-electron chi connectivity index (χ1n) is 7.05. The van der Waals surface area contributed by atoms with Gasteiger partial charge in [-0.05, 0) is 47.3 Å². The second kappa shape index (κ2) is 6.32. The van der Waals surface area contributed by atoms with E-state index in [9.17, 15) is 13.5 Å². The van der Waals surface area contributed by atoms with E-state index in [0.717, 1.165) is 17.3 Å². The Morgan fingerprint density at radius 2 is 1.71 bits per heavy atom. The fraction of sp³-hybridized carbons (Fsp3) is 0.0588. The van der Waals surface area contributed by atoms with Crippen molar-refractivity contribution in [1.82, 2.24) is 0 Å². The van der Waals surface area contributed by atoms with Crippen LogP contribution in [0.2, 0.25) is 5.02 Å². The molecule has 0 saturated carbocycles. The summed E-state index contributed by atoms with van der Waals surface area (Å²) < 4.78 is 31.7. The number of aromatic hydroxyl groups is 1. The molecule has 0 aliphatic rings. The third-order valence-corrected chi connectivity index (χ3v) is 4.70. The van der Waals surface area contributed by atoms with E-state index in [-0.39, 0.29) is 10.6 Å². The van der Waals surface area contributed by atoms with Crippen LogP contribution in [0.1, 0.15) is 5.56 Å². The van der Waals surface area contributed by atoms with Gasteiger partial charge < -0.3 is 10.4 Å². The molecular formula is C17H14ClNO4S. The lowest BCUT2D eigenvalue weighted by Gasteiger charge is -2.10. The molecule has 5 nitrogen and oxygen atoms in total. The lowest BCUT2D eigenvalue weighted by atomic mass is 10.1. The second-order valence-corrected chi connectivity index (χ2v) is 7.19. The summed E-state index contributed by atoms with van der Waals surface area (Å²) in [5, 5.41) is 14.8. The van der Waals surface area contributed by atoms with Gasteiger partial charge in [0.2, 0.25) is 0 Å². The highest BCUT2D eigenvalue weighted by atomic mass is 35.5. The van der Waals surface area contributed by atoms with Crippen LogP contribution in [0.4, 0.5) is 5.69 Å². The SMILES string of the molecule is O=S(=O)(O)c1cc(O)c2ccc(NCc3ccc(Cl)cc3)cc2c1. The monoisotopic (exact) mass is 363 g/mol. The Balaban J connectivity index is 1.91. The largest absolute Gasteiger partial charge is 0.507 e. The van der Waals surface area contributed by atoms with E-state index >= 15 is 0 Å². The summed E-state index contributed by atoms with van der Waals surface area (Å²) in [4.78, 5) is -0.345. The number of benzene rings is 3. The molecule has 3 rings (SSSR count). The average molecular weight is 364 g/mol. The van der Waals surface area contributed by atoms with Gasteiger partial charge in [-0.1, -0.05) is 23.7 Å². The first-order chi connectivity index (χ1) is 11.3. The van der Waals surface area contributed by atoms with Gasteiger partial charge in [-0.25, -0.2) is 0 Å². The van der Waals surface area contributed by atoms with Crippen LogP contribution < -0.4 is 5.32 Å². The molecule has 3 aromatic rings. The third kappa shape index (κ3) is 3.62. The third-order valence-electron chi connectivity index (χ3n) is 3.61. The van der Waals surface area contributed by atoms with Crippen LogP contribution in [0, 0.1) is 0 Å². The molecule has 3 N–H and O–H groups in total. The van der Waals surface area contributed by atoms with Gasteiger partial charge >= 0.3 is 0 Å². The number of phenolic OH excluding ortho intramolecular Hbond substituents is 1. The molecule has 0 aliphatic heterocycles. The molecule has 0 fully saturated rings. The highest BCUT2D eigenvalue weighted by Crippen LogP contribution is 2.30. The summed E-state index contributed by atoms with van der Waals surface area (Å²) in [6.07, 6.45) is 0. The van der Waals surface area contributed by atoms with Crippen LogP contribution in [0.3, 0.4) is 0 Å². The van der Waals surface area contributed by atoms with Crippen molar-refractivity contribution in [2.75, 3.05) is 5.32 Å².